The highest BCUT2D eigenvalue weighted by atomic mass is 35.5. The number of rotatable bonds is 1. The highest BCUT2D eigenvalue weighted by Gasteiger charge is 2.05. The fourth-order valence-electron chi connectivity index (χ4n) is 1.37. The van der Waals surface area contributed by atoms with Crippen molar-refractivity contribution in [1.82, 2.24) is 4.98 Å². The molecule has 0 aliphatic heterocycles. The van der Waals surface area contributed by atoms with Crippen molar-refractivity contribution in [3.8, 4) is 11.3 Å². The number of nitrogen functional groups attached to an aromatic ring is 1. The number of anilines is 1. The van der Waals surface area contributed by atoms with Crippen LogP contribution in [0, 0.1) is 0 Å². The summed E-state index contributed by atoms with van der Waals surface area (Å²) in [6, 6.07) is 8.45. The molecule has 0 saturated carbocycles. The van der Waals surface area contributed by atoms with E-state index in [1.807, 2.05) is 0 Å². The van der Waals surface area contributed by atoms with Crippen LogP contribution in [0.5, 0.6) is 0 Å². The Morgan fingerprint density at radius 2 is 1.38 bits per heavy atom. The first-order chi connectivity index (χ1) is 7.54. The molecule has 1 aromatic carbocycles. The minimum atomic E-state index is 0.360. The van der Waals surface area contributed by atoms with Gasteiger partial charge in [-0.25, -0.2) is 4.98 Å². The van der Waals surface area contributed by atoms with Crippen molar-refractivity contribution in [1.29, 1.82) is 0 Å². The topological polar surface area (TPSA) is 38.9 Å². The first-order valence-corrected chi connectivity index (χ1v) is 5.57. The number of nitrogens with two attached hydrogens (primary N) is 1. The molecule has 5 heteroatoms. The van der Waals surface area contributed by atoms with Gasteiger partial charge >= 0.3 is 0 Å². The van der Waals surface area contributed by atoms with Gasteiger partial charge in [0.2, 0.25) is 0 Å². The zero-order valence-electron chi connectivity index (χ0n) is 8.05. The minimum Gasteiger partial charge on any atom is -0.384 e. The lowest BCUT2D eigenvalue weighted by atomic mass is 10.1. The van der Waals surface area contributed by atoms with E-state index < -0.39 is 0 Å². The van der Waals surface area contributed by atoms with Crippen molar-refractivity contribution in [2.45, 2.75) is 0 Å². The van der Waals surface area contributed by atoms with Crippen LogP contribution >= 0.6 is 34.8 Å². The summed E-state index contributed by atoms with van der Waals surface area (Å²) in [5.41, 5.74) is 7.04. The first kappa shape index (κ1) is 11.5. The Balaban J connectivity index is 2.57. The van der Waals surface area contributed by atoms with Crippen molar-refractivity contribution in [3.63, 3.8) is 0 Å². The lowest BCUT2D eigenvalue weighted by Crippen LogP contribution is -1.92. The van der Waals surface area contributed by atoms with Gasteiger partial charge in [0, 0.05) is 20.6 Å². The monoisotopic (exact) mass is 272 g/mol. The molecule has 2 N–H and O–H groups in total. The summed E-state index contributed by atoms with van der Waals surface area (Å²) in [5.74, 6) is 0.360. The molecule has 2 nitrogen and oxygen atoms in total. The summed E-state index contributed by atoms with van der Waals surface area (Å²) < 4.78 is 0. The second-order valence-corrected chi connectivity index (χ2v) is 4.56. The molecule has 82 valence electrons. The SMILES string of the molecule is Nc1cc(Cl)cc(-c2cc(Cl)cc(Cl)c2)n1. The van der Waals surface area contributed by atoms with E-state index in [0.717, 1.165) is 5.56 Å². The van der Waals surface area contributed by atoms with Gasteiger partial charge < -0.3 is 5.73 Å². The molecule has 0 bridgehead atoms. The molecule has 0 amide bonds. The Kier molecular flexibility index (Phi) is 3.24. The average Bonchev–Trinajstić information content (AvgIpc) is 2.14. The lowest BCUT2D eigenvalue weighted by Gasteiger charge is -2.04. The molecule has 0 aliphatic carbocycles. The molecule has 16 heavy (non-hydrogen) atoms. The third kappa shape index (κ3) is 2.59. The number of hydrogen-bond acceptors (Lipinski definition) is 2. The smallest absolute Gasteiger partial charge is 0.125 e. The maximum atomic E-state index is 5.90. The number of benzene rings is 1. The van der Waals surface area contributed by atoms with E-state index in [1.165, 1.54) is 0 Å². The highest BCUT2D eigenvalue weighted by molar-refractivity contribution is 6.35. The van der Waals surface area contributed by atoms with Gasteiger partial charge in [-0.15, -0.1) is 0 Å². The molecular formula is C11H7Cl3N2. The fourth-order valence-corrected chi connectivity index (χ4v) is 2.11. The Labute approximate surface area is 108 Å². The average molecular weight is 274 g/mol. The van der Waals surface area contributed by atoms with Gasteiger partial charge in [-0.05, 0) is 30.3 Å². The Hall–Kier alpha value is -0.960. The maximum Gasteiger partial charge on any atom is 0.125 e. The zero-order valence-corrected chi connectivity index (χ0v) is 10.3. The Bertz CT molecular complexity index is 451. The zero-order chi connectivity index (χ0) is 11.7. The van der Waals surface area contributed by atoms with E-state index in [2.05, 4.69) is 4.98 Å². The molecule has 0 fully saturated rings. The van der Waals surface area contributed by atoms with Crippen LogP contribution in [0.4, 0.5) is 5.82 Å². The van der Waals surface area contributed by atoms with E-state index in [4.69, 9.17) is 40.5 Å². The van der Waals surface area contributed by atoms with Gasteiger partial charge in [-0.3, -0.25) is 0 Å². The molecule has 0 radical (unpaired) electrons. The predicted octanol–water partition coefficient (Wildman–Crippen LogP) is 4.29. The van der Waals surface area contributed by atoms with Gasteiger partial charge in [0.1, 0.15) is 5.82 Å². The summed E-state index contributed by atoms with van der Waals surface area (Å²) >= 11 is 17.7. The van der Waals surface area contributed by atoms with Crippen LogP contribution in [-0.4, -0.2) is 4.98 Å². The molecule has 0 atom stereocenters. The van der Waals surface area contributed by atoms with E-state index in [-0.39, 0.29) is 0 Å². The number of halogens is 3. The van der Waals surface area contributed by atoms with Gasteiger partial charge in [0.25, 0.3) is 0 Å². The van der Waals surface area contributed by atoms with E-state index in [0.29, 0.717) is 26.6 Å². The van der Waals surface area contributed by atoms with Crippen LogP contribution in [0.1, 0.15) is 0 Å². The van der Waals surface area contributed by atoms with E-state index >= 15 is 0 Å². The quantitative estimate of drug-likeness (QED) is 0.842. The van der Waals surface area contributed by atoms with Gasteiger partial charge in [0.15, 0.2) is 0 Å². The fraction of sp³-hybridized carbons (Fsp3) is 0. The third-order valence-electron chi connectivity index (χ3n) is 1.97. The Morgan fingerprint density at radius 3 is 1.94 bits per heavy atom. The number of hydrogen-bond donors (Lipinski definition) is 1. The van der Waals surface area contributed by atoms with Crippen molar-refractivity contribution < 1.29 is 0 Å². The second kappa shape index (κ2) is 4.50. The minimum absolute atomic E-state index is 0.360. The molecule has 1 aromatic heterocycles. The van der Waals surface area contributed by atoms with Crippen molar-refractivity contribution in [2.75, 3.05) is 5.73 Å². The van der Waals surface area contributed by atoms with E-state index in [1.54, 1.807) is 30.3 Å². The normalized spacial score (nSPS) is 10.4. The second-order valence-electron chi connectivity index (χ2n) is 3.25. The molecule has 0 unspecified atom stereocenters. The van der Waals surface area contributed by atoms with Gasteiger partial charge in [-0.1, -0.05) is 34.8 Å². The van der Waals surface area contributed by atoms with Crippen LogP contribution in [0.2, 0.25) is 15.1 Å². The van der Waals surface area contributed by atoms with E-state index in [9.17, 15) is 0 Å². The predicted molar refractivity (Wildman–Crippen MR) is 69.1 cm³/mol. The number of nitrogens with zero attached hydrogens (tertiary/aromatic N) is 1. The van der Waals surface area contributed by atoms with Crippen LogP contribution in [0.3, 0.4) is 0 Å². The largest absolute Gasteiger partial charge is 0.384 e. The third-order valence-corrected chi connectivity index (χ3v) is 2.62. The number of aromatic nitrogens is 1. The molecular weight excluding hydrogens is 266 g/mol. The molecule has 0 saturated heterocycles. The van der Waals surface area contributed by atoms with Crippen LogP contribution < -0.4 is 5.73 Å². The summed E-state index contributed by atoms with van der Waals surface area (Å²) in [6.45, 7) is 0. The highest BCUT2D eigenvalue weighted by Crippen LogP contribution is 2.28. The van der Waals surface area contributed by atoms with Crippen molar-refractivity contribution >= 4 is 40.6 Å². The molecule has 2 rings (SSSR count). The van der Waals surface area contributed by atoms with Crippen molar-refractivity contribution in [2.24, 2.45) is 0 Å². The number of pyridine rings is 1. The van der Waals surface area contributed by atoms with Crippen molar-refractivity contribution in [3.05, 3.63) is 45.4 Å². The van der Waals surface area contributed by atoms with Crippen LogP contribution in [0.25, 0.3) is 11.3 Å². The summed E-state index contributed by atoms with van der Waals surface area (Å²) in [6.07, 6.45) is 0. The molecule has 0 aliphatic rings. The lowest BCUT2D eigenvalue weighted by molar-refractivity contribution is 1.33. The van der Waals surface area contributed by atoms with Crippen LogP contribution in [-0.2, 0) is 0 Å². The van der Waals surface area contributed by atoms with Gasteiger partial charge in [-0.2, -0.15) is 0 Å². The summed E-state index contributed by atoms with van der Waals surface area (Å²) in [4.78, 5) is 4.16. The standard InChI is InChI=1S/C11H7Cl3N2/c12-7-1-6(2-8(13)3-7)10-4-9(14)5-11(15)16-10/h1-5H,(H2,15,16). The first-order valence-electron chi connectivity index (χ1n) is 4.44. The summed E-state index contributed by atoms with van der Waals surface area (Å²) in [5, 5.41) is 1.62. The maximum absolute atomic E-state index is 5.90. The Morgan fingerprint density at radius 1 is 0.812 bits per heavy atom. The molecule has 0 spiro atoms. The van der Waals surface area contributed by atoms with Gasteiger partial charge in [0.05, 0.1) is 5.69 Å². The summed E-state index contributed by atoms with van der Waals surface area (Å²) in [7, 11) is 0. The molecule has 1 heterocycles. The molecule has 2 aromatic rings. The van der Waals surface area contributed by atoms with Crippen LogP contribution in [0.15, 0.2) is 30.3 Å².